The second kappa shape index (κ2) is 4.72. The average molecular weight is 212 g/mol. The normalized spacial score (nSPS) is 10.1. The molecule has 0 aliphatic rings. The fourth-order valence-corrected chi connectivity index (χ4v) is 1.22. The van der Waals surface area contributed by atoms with Gasteiger partial charge in [-0.25, -0.2) is 4.39 Å². The van der Waals surface area contributed by atoms with Crippen molar-refractivity contribution in [2.24, 2.45) is 0 Å². The van der Waals surface area contributed by atoms with Crippen molar-refractivity contribution in [3.05, 3.63) is 33.6 Å². The zero-order valence-electron chi connectivity index (χ0n) is 8.71. The lowest BCUT2D eigenvalue weighted by molar-refractivity contribution is -0.384. The number of aryl methyl sites for hydroxylation is 1. The fraction of sp³-hybridized carbons (Fsp3) is 0.400. The van der Waals surface area contributed by atoms with E-state index in [2.05, 4.69) is 5.32 Å². The first kappa shape index (κ1) is 11.4. The molecule has 0 radical (unpaired) electrons. The summed E-state index contributed by atoms with van der Waals surface area (Å²) in [4.78, 5) is 10.1. The maximum absolute atomic E-state index is 13.1. The van der Waals surface area contributed by atoms with Crippen LogP contribution in [0.2, 0.25) is 0 Å². The van der Waals surface area contributed by atoms with Gasteiger partial charge in [-0.15, -0.1) is 0 Å². The predicted octanol–water partition coefficient (Wildman–Crippen LogP) is 2.86. The monoisotopic (exact) mass is 212 g/mol. The second-order valence-corrected chi connectivity index (χ2v) is 3.30. The Hall–Kier alpha value is -1.65. The highest BCUT2D eigenvalue weighted by atomic mass is 19.1. The van der Waals surface area contributed by atoms with E-state index in [1.807, 2.05) is 6.92 Å². The van der Waals surface area contributed by atoms with Crippen LogP contribution in [-0.4, -0.2) is 11.5 Å². The molecule has 0 aromatic heterocycles. The van der Waals surface area contributed by atoms with Crippen molar-refractivity contribution < 1.29 is 9.31 Å². The number of nitrogens with zero attached hydrogens (tertiary/aromatic N) is 1. The standard InChI is InChI=1S/C10H13FN2O2/c1-3-4-12-9-5-7(2)8(11)6-10(9)13(14)15/h5-6,12H,3-4H2,1-2H3. The van der Waals surface area contributed by atoms with E-state index in [4.69, 9.17) is 0 Å². The van der Waals surface area contributed by atoms with Crippen LogP contribution in [0.15, 0.2) is 12.1 Å². The highest BCUT2D eigenvalue weighted by Gasteiger charge is 2.16. The van der Waals surface area contributed by atoms with E-state index in [1.54, 1.807) is 6.92 Å². The van der Waals surface area contributed by atoms with Crippen LogP contribution in [0.4, 0.5) is 15.8 Å². The number of hydrogen-bond acceptors (Lipinski definition) is 3. The lowest BCUT2D eigenvalue weighted by Gasteiger charge is -2.07. The molecule has 0 saturated carbocycles. The lowest BCUT2D eigenvalue weighted by Crippen LogP contribution is -2.04. The summed E-state index contributed by atoms with van der Waals surface area (Å²) in [6, 6.07) is 2.41. The molecule has 0 spiro atoms. The van der Waals surface area contributed by atoms with Crippen LogP contribution in [0, 0.1) is 22.9 Å². The van der Waals surface area contributed by atoms with Crippen molar-refractivity contribution in [2.45, 2.75) is 20.3 Å². The van der Waals surface area contributed by atoms with Gasteiger partial charge in [0.2, 0.25) is 0 Å². The SMILES string of the molecule is CCCNc1cc(C)c(F)cc1[N+](=O)[O-]. The Labute approximate surface area is 87.3 Å². The molecule has 1 rings (SSSR count). The quantitative estimate of drug-likeness (QED) is 0.616. The molecule has 0 aliphatic carbocycles. The van der Waals surface area contributed by atoms with Crippen molar-refractivity contribution in [3.63, 3.8) is 0 Å². The van der Waals surface area contributed by atoms with Crippen LogP contribution >= 0.6 is 0 Å². The van der Waals surface area contributed by atoms with Gasteiger partial charge in [0.05, 0.1) is 11.0 Å². The third kappa shape index (κ3) is 2.65. The summed E-state index contributed by atoms with van der Waals surface area (Å²) >= 11 is 0. The van der Waals surface area contributed by atoms with Crippen LogP contribution in [-0.2, 0) is 0 Å². The Morgan fingerprint density at radius 3 is 2.73 bits per heavy atom. The molecule has 1 aromatic carbocycles. The van der Waals surface area contributed by atoms with Crippen LogP contribution < -0.4 is 5.32 Å². The van der Waals surface area contributed by atoms with Crippen molar-refractivity contribution >= 4 is 11.4 Å². The van der Waals surface area contributed by atoms with Gasteiger partial charge in [0, 0.05) is 6.54 Å². The van der Waals surface area contributed by atoms with Crippen molar-refractivity contribution in [3.8, 4) is 0 Å². The third-order valence-corrected chi connectivity index (χ3v) is 2.04. The van der Waals surface area contributed by atoms with Gasteiger partial charge >= 0.3 is 0 Å². The zero-order valence-corrected chi connectivity index (χ0v) is 8.71. The van der Waals surface area contributed by atoms with E-state index in [0.29, 0.717) is 17.8 Å². The first-order chi connectivity index (χ1) is 7.06. The van der Waals surface area contributed by atoms with Crippen molar-refractivity contribution in [1.29, 1.82) is 0 Å². The van der Waals surface area contributed by atoms with Gasteiger partial charge in [0.25, 0.3) is 5.69 Å². The van der Waals surface area contributed by atoms with Crippen molar-refractivity contribution in [1.82, 2.24) is 0 Å². The Kier molecular flexibility index (Phi) is 3.60. The highest BCUT2D eigenvalue weighted by Crippen LogP contribution is 2.27. The summed E-state index contributed by atoms with van der Waals surface area (Å²) < 4.78 is 13.1. The number of halogens is 1. The van der Waals surface area contributed by atoms with Crippen LogP contribution in [0.5, 0.6) is 0 Å². The van der Waals surface area contributed by atoms with E-state index in [0.717, 1.165) is 12.5 Å². The third-order valence-electron chi connectivity index (χ3n) is 2.04. The molecule has 0 fully saturated rings. The summed E-state index contributed by atoms with van der Waals surface area (Å²) in [5.74, 6) is -0.552. The second-order valence-electron chi connectivity index (χ2n) is 3.30. The first-order valence-electron chi connectivity index (χ1n) is 4.74. The van der Waals surface area contributed by atoms with Gasteiger partial charge in [-0.2, -0.15) is 0 Å². The van der Waals surface area contributed by atoms with E-state index < -0.39 is 10.7 Å². The summed E-state index contributed by atoms with van der Waals surface area (Å²) in [5, 5.41) is 13.6. The van der Waals surface area contributed by atoms with E-state index >= 15 is 0 Å². The smallest absolute Gasteiger partial charge is 0.295 e. The number of nitrogens with one attached hydrogen (secondary N) is 1. The van der Waals surface area contributed by atoms with Gasteiger partial charge in [0.1, 0.15) is 11.5 Å². The van der Waals surface area contributed by atoms with Gasteiger partial charge in [-0.3, -0.25) is 10.1 Å². The molecule has 0 bridgehead atoms. The summed E-state index contributed by atoms with van der Waals surface area (Å²) in [6.07, 6.45) is 0.855. The van der Waals surface area contributed by atoms with Crippen molar-refractivity contribution in [2.75, 3.05) is 11.9 Å². The van der Waals surface area contributed by atoms with Crippen LogP contribution in [0.25, 0.3) is 0 Å². The number of anilines is 1. The topological polar surface area (TPSA) is 55.2 Å². The molecule has 0 saturated heterocycles. The molecule has 0 aliphatic heterocycles. The van der Waals surface area contributed by atoms with Crippen LogP contribution in [0.3, 0.4) is 0 Å². The van der Waals surface area contributed by atoms with E-state index in [9.17, 15) is 14.5 Å². The maximum Gasteiger partial charge on any atom is 0.295 e. The maximum atomic E-state index is 13.1. The minimum absolute atomic E-state index is 0.216. The molecular weight excluding hydrogens is 199 g/mol. The molecule has 1 aromatic rings. The highest BCUT2D eigenvalue weighted by molar-refractivity contribution is 5.62. The molecule has 1 N–H and O–H groups in total. The van der Waals surface area contributed by atoms with Gasteiger partial charge in [-0.1, -0.05) is 6.92 Å². The zero-order chi connectivity index (χ0) is 11.4. The predicted molar refractivity (Wildman–Crippen MR) is 56.6 cm³/mol. The Balaban J connectivity index is 3.10. The number of nitro benzene ring substituents is 1. The van der Waals surface area contributed by atoms with Crippen LogP contribution in [0.1, 0.15) is 18.9 Å². The largest absolute Gasteiger partial charge is 0.379 e. The Bertz CT molecular complexity index is 380. The summed E-state index contributed by atoms with van der Waals surface area (Å²) in [6.45, 7) is 4.16. The fourth-order valence-electron chi connectivity index (χ4n) is 1.22. The number of nitro groups is 1. The Morgan fingerprint density at radius 1 is 1.53 bits per heavy atom. The average Bonchev–Trinajstić information content (AvgIpc) is 2.19. The minimum atomic E-state index is -0.583. The Morgan fingerprint density at radius 2 is 2.20 bits per heavy atom. The lowest BCUT2D eigenvalue weighted by atomic mass is 10.2. The van der Waals surface area contributed by atoms with Gasteiger partial charge in [0.15, 0.2) is 0 Å². The number of rotatable bonds is 4. The van der Waals surface area contributed by atoms with Gasteiger partial charge in [-0.05, 0) is 25.0 Å². The van der Waals surface area contributed by atoms with E-state index in [1.165, 1.54) is 6.07 Å². The van der Waals surface area contributed by atoms with E-state index in [-0.39, 0.29) is 5.69 Å². The molecule has 0 unspecified atom stereocenters. The molecule has 82 valence electrons. The summed E-state index contributed by atoms with van der Waals surface area (Å²) in [7, 11) is 0. The number of hydrogen-bond donors (Lipinski definition) is 1. The minimum Gasteiger partial charge on any atom is -0.379 e. The molecule has 5 heteroatoms. The molecule has 0 atom stereocenters. The molecule has 15 heavy (non-hydrogen) atoms. The summed E-state index contributed by atoms with van der Waals surface area (Å²) in [5.41, 5.74) is 0.562. The van der Waals surface area contributed by atoms with Gasteiger partial charge < -0.3 is 5.32 Å². The molecule has 0 heterocycles. The molecule has 0 amide bonds. The first-order valence-corrected chi connectivity index (χ1v) is 4.74. The number of benzene rings is 1. The molecule has 4 nitrogen and oxygen atoms in total. The molecular formula is C10H13FN2O2.